The van der Waals surface area contributed by atoms with Crippen molar-refractivity contribution in [3.8, 4) is 0 Å². The molecule has 0 saturated heterocycles. The molecule has 0 heterocycles. The van der Waals surface area contributed by atoms with Crippen molar-refractivity contribution in [3.05, 3.63) is 11.1 Å². The molecule has 4 rings (SSSR count). The Morgan fingerprint density at radius 3 is 2.24 bits per heavy atom. The third kappa shape index (κ3) is 1.84. The second-order valence-corrected chi connectivity index (χ2v) is 9.28. The fraction of sp³-hybridized carbons (Fsp3) is 0.800. The van der Waals surface area contributed by atoms with Crippen LogP contribution in [0, 0.1) is 34.5 Å². The van der Waals surface area contributed by atoms with E-state index >= 15 is 0 Å². The first-order chi connectivity index (χ1) is 11.6. The number of carbonyl (C=O) groups excluding carboxylic acids is 2. The van der Waals surface area contributed by atoms with Crippen LogP contribution in [-0.4, -0.2) is 45.2 Å². The lowest BCUT2D eigenvalue weighted by Crippen LogP contribution is -2.61. The second-order valence-electron chi connectivity index (χ2n) is 9.28. The number of ketones is 2. The number of rotatable bonds is 0. The Balaban J connectivity index is 1.93. The molecule has 4 aliphatic carbocycles. The van der Waals surface area contributed by atoms with E-state index in [1.165, 1.54) is 0 Å². The van der Waals surface area contributed by atoms with Crippen LogP contribution in [0.4, 0.5) is 0 Å². The second kappa shape index (κ2) is 5.02. The summed E-state index contributed by atoms with van der Waals surface area (Å²) >= 11 is 0. The van der Waals surface area contributed by atoms with Gasteiger partial charge in [0.15, 0.2) is 11.6 Å². The van der Waals surface area contributed by atoms with Crippen molar-refractivity contribution >= 4 is 11.6 Å². The van der Waals surface area contributed by atoms with Crippen LogP contribution in [0.1, 0.15) is 47.0 Å². The lowest BCUT2D eigenvalue weighted by atomic mass is 9.48. The van der Waals surface area contributed by atoms with Crippen molar-refractivity contribution in [2.75, 3.05) is 0 Å². The lowest BCUT2D eigenvalue weighted by molar-refractivity contribution is -0.150. The van der Waals surface area contributed by atoms with Crippen LogP contribution in [0.2, 0.25) is 0 Å². The molecule has 5 nitrogen and oxygen atoms in total. The van der Waals surface area contributed by atoms with Crippen molar-refractivity contribution in [2.45, 2.75) is 65.3 Å². The highest BCUT2D eigenvalue weighted by Crippen LogP contribution is 2.65. The Kier molecular flexibility index (Phi) is 3.49. The van der Waals surface area contributed by atoms with Crippen molar-refractivity contribution in [2.24, 2.45) is 34.5 Å². The van der Waals surface area contributed by atoms with Gasteiger partial charge in [-0.2, -0.15) is 0 Å². The maximum absolute atomic E-state index is 13.2. The standard InChI is InChI=1S/C20H28O5/c1-8-5-6-19(4)12(10(8)3)15(22)14(21)11-13(19)16(23)18(25)20(17(11)24)7-9(20)2/h8-10,12,14-15,18,21-22,25H,5-7H2,1-4H3/t8-,9+,10-,12-,14+,15+,18+,19+,20-/m1/s1. The topological polar surface area (TPSA) is 94.8 Å². The molecule has 25 heavy (non-hydrogen) atoms. The smallest absolute Gasteiger partial charge is 0.189 e. The first-order valence-corrected chi connectivity index (χ1v) is 9.47. The number of hydrogen-bond donors (Lipinski definition) is 3. The SMILES string of the molecule is C[C@H]1[C@@H]2[C@H](O)[C@@H](O)C3=C(C(=O)[C@H](O)[C@@]4(C[C@@H]4C)C3=O)[C@@]2(C)CC[C@H]1C. The van der Waals surface area contributed by atoms with Gasteiger partial charge in [0.1, 0.15) is 12.2 Å². The number of aliphatic hydroxyl groups excluding tert-OH is 3. The van der Waals surface area contributed by atoms with Gasteiger partial charge in [-0.25, -0.2) is 0 Å². The fourth-order valence-electron chi connectivity index (χ4n) is 6.25. The molecule has 2 saturated carbocycles. The summed E-state index contributed by atoms with van der Waals surface area (Å²) in [6, 6.07) is 0. The van der Waals surface area contributed by atoms with E-state index in [1.807, 2.05) is 20.8 Å². The number of hydrogen-bond acceptors (Lipinski definition) is 5. The molecule has 0 aliphatic heterocycles. The molecule has 0 unspecified atom stereocenters. The van der Waals surface area contributed by atoms with Gasteiger partial charge in [0.05, 0.1) is 11.5 Å². The van der Waals surface area contributed by atoms with E-state index in [0.717, 1.165) is 6.42 Å². The van der Waals surface area contributed by atoms with Crippen molar-refractivity contribution in [1.29, 1.82) is 0 Å². The lowest BCUT2D eigenvalue weighted by Gasteiger charge is -2.56. The van der Waals surface area contributed by atoms with Gasteiger partial charge in [0.25, 0.3) is 0 Å². The highest BCUT2D eigenvalue weighted by Gasteiger charge is 2.71. The summed E-state index contributed by atoms with van der Waals surface area (Å²) in [5.41, 5.74) is -1.36. The predicted octanol–water partition coefficient (Wildman–Crippen LogP) is 1.25. The molecular weight excluding hydrogens is 320 g/mol. The van der Waals surface area contributed by atoms with Gasteiger partial charge in [-0.1, -0.05) is 27.7 Å². The van der Waals surface area contributed by atoms with Gasteiger partial charge < -0.3 is 15.3 Å². The van der Waals surface area contributed by atoms with Gasteiger partial charge in [-0.05, 0) is 37.0 Å². The van der Waals surface area contributed by atoms with E-state index in [2.05, 4.69) is 6.92 Å². The first kappa shape index (κ1) is 17.4. The van der Waals surface area contributed by atoms with Gasteiger partial charge in [0.2, 0.25) is 0 Å². The predicted molar refractivity (Wildman–Crippen MR) is 90.4 cm³/mol. The molecule has 0 aromatic carbocycles. The third-order valence-electron chi connectivity index (χ3n) is 8.16. The van der Waals surface area contributed by atoms with Gasteiger partial charge in [0, 0.05) is 22.5 Å². The molecular formula is C20H28O5. The molecule has 3 N–H and O–H groups in total. The Morgan fingerprint density at radius 1 is 1.08 bits per heavy atom. The minimum absolute atomic E-state index is 0.0758. The maximum Gasteiger partial charge on any atom is 0.189 e. The molecule has 0 amide bonds. The molecule has 0 aromatic heterocycles. The number of fused-ring (bicyclic) bond motifs is 2. The van der Waals surface area contributed by atoms with Crippen LogP contribution >= 0.6 is 0 Å². The number of Topliss-reactive ketones (excluding diaryl/α,β-unsaturated/α-hetero) is 2. The van der Waals surface area contributed by atoms with E-state index in [4.69, 9.17) is 0 Å². The quantitative estimate of drug-likeness (QED) is 0.612. The summed E-state index contributed by atoms with van der Waals surface area (Å²) < 4.78 is 0. The van der Waals surface area contributed by atoms with Gasteiger partial charge >= 0.3 is 0 Å². The van der Waals surface area contributed by atoms with E-state index in [0.29, 0.717) is 24.3 Å². The Labute approximate surface area is 148 Å². The molecule has 4 aliphatic rings. The van der Waals surface area contributed by atoms with Gasteiger partial charge in [-0.15, -0.1) is 0 Å². The van der Waals surface area contributed by atoms with Crippen LogP contribution < -0.4 is 0 Å². The fourth-order valence-corrected chi connectivity index (χ4v) is 6.25. The van der Waals surface area contributed by atoms with Crippen LogP contribution in [0.15, 0.2) is 11.1 Å². The Hall–Kier alpha value is -1.04. The van der Waals surface area contributed by atoms with E-state index < -0.39 is 34.9 Å². The minimum Gasteiger partial charge on any atom is -0.390 e. The Bertz CT molecular complexity index is 696. The largest absolute Gasteiger partial charge is 0.390 e. The molecule has 0 aromatic rings. The molecule has 138 valence electrons. The Morgan fingerprint density at radius 2 is 1.68 bits per heavy atom. The summed E-state index contributed by atoms with van der Waals surface area (Å²) in [6.45, 7) is 7.94. The monoisotopic (exact) mass is 348 g/mol. The summed E-state index contributed by atoms with van der Waals surface area (Å²) in [5, 5.41) is 32.3. The van der Waals surface area contributed by atoms with Crippen LogP contribution in [0.25, 0.3) is 0 Å². The number of carbonyl (C=O) groups is 2. The van der Waals surface area contributed by atoms with Crippen LogP contribution in [0.5, 0.6) is 0 Å². The third-order valence-corrected chi connectivity index (χ3v) is 8.16. The summed E-state index contributed by atoms with van der Waals surface area (Å²) in [5.74, 6) is -0.601. The highest BCUT2D eigenvalue weighted by molar-refractivity contribution is 6.19. The van der Waals surface area contributed by atoms with Crippen LogP contribution in [-0.2, 0) is 9.59 Å². The summed E-state index contributed by atoms with van der Waals surface area (Å²) in [7, 11) is 0. The molecule has 0 radical (unpaired) electrons. The normalized spacial score (nSPS) is 55.2. The molecule has 1 spiro atoms. The number of aliphatic hydroxyl groups is 3. The average molecular weight is 348 g/mol. The maximum atomic E-state index is 13.2. The van der Waals surface area contributed by atoms with Crippen LogP contribution in [0.3, 0.4) is 0 Å². The van der Waals surface area contributed by atoms with E-state index in [1.54, 1.807) is 0 Å². The molecule has 2 fully saturated rings. The van der Waals surface area contributed by atoms with Gasteiger partial charge in [-0.3, -0.25) is 9.59 Å². The zero-order valence-electron chi connectivity index (χ0n) is 15.3. The summed E-state index contributed by atoms with van der Waals surface area (Å²) in [4.78, 5) is 26.3. The molecule has 0 bridgehead atoms. The first-order valence-electron chi connectivity index (χ1n) is 9.47. The van der Waals surface area contributed by atoms with E-state index in [9.17, 15) is 24.9 Å². The summed E-state index contributed by atoms with van der Waals surface area (Å²) in [6.07, 6.45) is -1.67. The van der Waals surface area contributed by atoms with Crippen molar-refractivity contribution < 1.29 is 24.9 Å². The van der Waals surface area contributed by atoms with E-state index in [-0.39, 0.29) is 29.1 Å². The zero-order chi connectivity index (χ0) is 18.5. The molecule has 9 atom stereocenters. The highest BCUT2D eigenvalue weighted by atomic mass is 16.3. The molecule has 5 heteroatoms. The van der Waals surface area contributed by atoms with Crippen molar-refractivity contribution in [3.63, 3.8) is 0 Å². The average Bonchev–Trinajstić information content (AvgIpc) is 3.23. The zero-order valence-corrected chi connectivity index (χ0v) is 15.3. The van der Waals surface area contributed by atoms with Crippen molar-refractivity contribution in [1.82, 2.24) is 0 Å². The minimum atomic E-state index is -1.34.